The number of methoxy groups -OCH3 is 1. The van der Waals surface area contributed by atoms with Crippen molar-refractivity contribution in [3.05, 3.63) is 48.5 Å². The first-order valence-corrected chi connectivity index (χ1v) is 11.8. The molecule has 2 aliphatic rings. The van der Waals surface area contributed by atoms with Gasteiger partial charge in [-0.2, -0.15) is 0 Å². The molecule has 2 fully saturated rings. The van der Waals surface area contributed by atoms with E-state index in [0.29, 0.717) is 43.2 Å². The van der Waals surface area contributed by atoms with Crippen LogP contribution in [0.2, 0.25) is 0 Å². The molecule has 1 atom stereocenters. The zero-order valence-corrected chi connectivity index (χ0v) is 18.5. The smallest absolute Gasteiger partial charge is 0.267 e. The van der Waals surface area contributed by atoms with E-state index in [2.05, 4.69) is 5.32 Å². The van der Waals surface area contributed by atoms with Crippen LogP contribution >= 0.6 is 0 Å². The third-order valence-corrected chi connectivity index (χ3v) is 8.56. The number of carbonyl (C=O) groups excluding carboxylic acids is 1. The van der Waals surface area contributed by atoms with Gasteiger partial charge in [-0.1, -0.05) is 0 Å². The third kappa shape index (κ3) is 3.95. The second-order valence-corrected chi connectivity index (χ2v) is 10.3. The molecule has 2 aromatic carbocycles. The zero-order chi connectivity index (χ0) is 22.8. The molecule has 2 aromatic rings. The Morgan fingerprint density at radius 2 is 1.59 bits per heavy atom. The van der Waals surface area contributed by atoms with Crippen molar-refractivity contribution >= 4 is 15.7 Å². The van der Waals surface area contributed by atoms with Gasteiger partial charge in [0.05, 0.1) is 24.2 Å². The number of carbonyl (C=O) groups is 1. The quantitative estimate of drug-likeness (QED) is 0.440. The number of piperidine rings is 1. The average Bonchev–Trinajstić information content (AvgIpc) is 3.20. The van der Waals surface area contributed by atoms with Gasteiger partial charge >= 0.3 is 0 Å². The first kappa shape index (κ1) is 22.5. The minimum atomic E-state index is -4.18. The summed E-state index contributed by atoms with van der Waals surface area (Å²) in [4.78, 5) is 12.6. The summed E-state index contributed by atoms with van der Waals surface area (Å²) >= 11 is 0. The minimum Gasteiger partial charge on any atom is -0.497 e. The maximum atomic E-state index is 13.6. The van der Waals surface area contributed by atoms with E-state index in [0.717, 1.165) is 0 Å². The van der Waals surface area contributed by atoms with Crippen molar-refractivity contribution in [1.82, 2.24) is 10.8 Å². The maximum Gasteiger partial charge on any atom is 0.267 e. The van der Waals surface area contributed by atoms with Crippen molar-refractivity contribution in [2.24, 2.45) is 0 Å². The number of hydrogen-bond donors (Lipinski definition) is 3. The van der Waals surface area contributed by atoms with Crippen molar-refractivity contribution in [1.29, 1.82) is 0 Å². The highest BCUT2D eigenvalue weighted by Crippen LogP contribution is 2.45. The van der Waals surface area contributed by atoms with Crippen LogP contribution in [-0.2, 0) is 19.4 Å². The molecular weight excluding hydrogens is 436 g/mol. The Labute approximate surface area is 186 Å². The lowest BCUT2D eigenvalue weighted by molar-refractivity contribution is -0.131. The topological polar surface area (TPSA) is 123 Å². The van der Waals surface area contributed by atoms with Crippen molar-refractivity contribution in [2.75, 3.05) is 26.8 Å². The predicted octanol–water partition coefficient (Wildman–Crippen LogP) is 2.05. The summed E-state index contributed by atoms with van der Waals surface area (Å²) in [5.74, 6) is 0.713. The Balaban J connectivity index is 1.59. The average molecular weight is 463 g/mol. The minimum absolute atomic E-state index is 0.0134. The molecule has 0 aromatic heterocycles. The number of hydrogen-bond acceptors (Lipinski definition) is 8. The summed E-state index contributed by atoms with van der Waals surface area (Å²) in [6.45, 7) is 1.04. The Morgan fingerprint density at radius 3 is 2.16 bits per heavy atom. The van der Waals surface area contributed by atoms with E-state index in [1.165, 1.54) is 24.3 Å². The molecule has 32 heavy (non-hydrogen) atoms. The highest BCUT2D eigenvalue weighted by molar-refractivity contribution is 7.93. The largest absolute Gasteiger partial charge is 0.497 e. The number of ether oxygens (including phenoxy) is 3. The van der Waals surface area contributed by atoms with Gasteiger partial charge in [0.15, 0.2) is 14.6 Å². The van der Waals surface area contributed by atoms with Crippen molar-refractivity contribution in [2.45, 2.75) is 34.5 Å². The first-order valence-electron chi connectivity index (χ1n) is 10.3. The van der Waals surface area contributed by atoms with Gasteiger partial charge in [-0.3, -0.25) is 10.0 Å². The molecule has 3 N–H and O–H groups in total. The van der Waals surface area contributed by atoms with Crippen LogP contribution in [0.5, 0.6) is 17.2 Å². The fraction of sp³-hybridized carbons (Fsp3) is 0.409. The van der Waals surface area contributed by atoms with E-state index in [1.54, 1.807) is 36.9 Å². The van der Waals surface area contributed by atoms with Gasteiger partial charge in [0, 0.05) is 6.42 Å². The normalized spacial score (nSPS) is 22.4. The van der Waals surface area contributed by atoms with Gasteiger partial charge in [0.2, 0.25) is 0 Å². The van der Waals surface area contributed by atoms with Crippen LogP contribution in [0.1, 0.15) is 19.3 Å². The van der Waals surface area contributed by atoms with Crippen LogP contribution in [0.3, 0.4) is 0 Å². The van der Waals surface area contributed by atoms with E-state index in [4.69, 9.17) is 14.2 Å². The van der Waals surface area contributed by atoms with Gasteiger partial charge in [-0.15, -0.1) is 0 Å². The lowest BCUT2D eigenvalue weighted by Crippen LogP contribution is -2.53. The summed E-state index contributed by atoms with van der Waals surface area (Å²) in [6, 6.07) is 12.8. The molecule has 2 aliphatic heterocycles. The monoisotopic (exact) mass is 462 g/mol. The Hall–Kier alpha value is -2.66. The summed E-state index contributed by atoms with van der Waals surface area (Å²) in [7, 11) is -2.60. The first-order chi connectivity index (χ1) is 15.3. The van der Waals surface area contributed by atoms with E-state index in [9.17, 15) is 18.4 Å². The van der Waals surface area contributed by atoms with Crippen molar-refractivity contribution in [3.8, 4) is 17.2 Å². The molecule has 0 radical (unpaired) electrons. The molecule has 2 saturated heterocycles. The lowest BCUT2D eigenvalue weighted by Gasteiger charge is -2.34. The molecule has 172 valence electrons. The molecule has 1 amide bonds. The van der Waals surface area contributed by atoms with Crippen molar-refractivity contribution < 1.29 is 32.6 Å². The molecule has 2 heterocycles. The van der Waals surface area contributed by atoms with E-state index in [-0.39, 0.29) is 17.9 Å². The molecular formula is C22H26N2O7S. The molecule has 1 spiro atoms. The number of sulfone groups is 1. The standard InChI is InChI=1S/C22H26N2O7S/c1-29-16-2-4-17(5-3-16)31-18-6-8-19(9-7-18)32(27,28)22(20(25)24-26)14-21(30-15-22)10-12-23-13-11-21/h2-9,23,26H,10-15H2,1H3,(H,24,25). The zero-order valence-electron chi connectivity index (χ0n) is 17.7. The molecule has 0 bridgehead atoms. The Kier molecular flexibility index (Phi) is 6.13. The fourth-order valence-corrected chi connectivity index (χ4v) is 6.23. The fourth-order valence-electron chi connectivity index (χ4n) is 4.33. The molecule has 10 heteroatoms. The SMILES string of the molecule is COc1ccc(Oc2ccc(S(=O)(=O)C3(C(=O)NO)COC4(CCNCC4)C3)cc2)cc1. The number of amides is 1. The third-order valence-electron chi connectivity index (χ3n) is 6.19. The van der Waals surface area contributed by atoms with Crippen LogP contribution in [0.15, 0.2) is 53.4 Å². The van der Waals surface area contributed by atoms with Crippen LogP contribution in [0, 0.1) is 0 Å². The molecule has 1 unspecified atom stereocenters. The second-order valence-electron chi connectivity index (χ2n) is 8.09. The molecule has 4 rings (SSSR count). The van der Waals surface area contributed by atoms with Crippen LogP contribution < -0.4 is 20.3 Å². The Morgan fingerprint density at radius 1 is 1.03 bits per heavy atom. The molecule has 9 nitrogen and oxygen atoms in total. The van der Waals surface area contributed by atoms with Gasteiger partial charge in [0.1, 0.15) is 17.2 Å². The second kappa shape index (κ2) is 8.70. The van der Waals surface area contributed by atoms with Gasteiger partial charge in [0.25, 0.3) is 5.91 Å². The highest BCUT2D eigenvalue weighted by atomic mass is 32.2. The molecule has 0 aliphatic carbocycles. The van der Waals surface area contributed by atoms with E-state index < -0.39 is 26.1 Å². The van der Waals surface area contributed by atoms with Gasteiger partial charge in [-0.05, 0) is 74.5 Å². The number of hydroxylamine groups is 1. The number of nitrogens with one attached hydrogen (secondary N) is 2. The summed E-state index contributed by atoms with van der Waals surface area (Å²) in [5, 5.41) is 12.6. The van der Waals surface area contributed by atoms with Crippen LogP contribution in [0.4, 0.5) is 0 Å². The van der Waals surface area contributed by atoms with E-state index >= 15 is 0 Å². The maximum absolute atomic E-state index is 13.6. The van der Waals surface area contributed by atoms with Gasteiger partial charge in [-0.25, -0.2) is 13.9 Å². The predicted molar refractivity (Wildman–Crippen MR) is 115 cm³/mol. The Bertz CT molecular complexity index is 1060. The van der Waals surface area contributed by atoms with Crippen molar-refractivity contribution in [3.63, 3.8) is 0 Å². The van der Waals surface area contributed by atoms with Crippen LogP contribution in [0.25, 0.3) is 0 Å². The number of benzene rings is 2. The van der Waals surface area contributed by atoms with Gasteiger partial charge < -0.3 is 19.5 Å². The lowest BCUT2D eigenvalue weighted by atomic mass is 9.85. The summed E-state index contributed by atoms with van der Waals surface area (Å²) in [5.41, 5.74) is 0.844. The number of rotatable bonds is 6. The summed E-state index contributed by atoms with van der Waals surface area (Å²) in [6.07, 6.45) is 1.18. The highest BCUT2D eigenvalue weighted by Gasteiger charge is 2.61. The van der Waals surface area contributed by atoms with E-state index in [1.807, 2.05) is 0 Å². The van der Waals surface area contributed by atoms with Crippen LogP contribution in [-0.4, -0.2) is 56.7 Å². The molecule has 0 saturated carbocycles. The summed E-state index contributed by atoms with van der Waals surface area (Å²) < 4.78 is 42.1.